The molecule has 0 spiro atoms. The molecule has 1 aromatic carbocycles. The SMILES string of the molecule is CC1=CCC(C)N(c2ccc(-c3ccccc3)[pH]2)/C=C\CCC=C1. The summed E-state index contributed by atoms with van der Waals surface area (Å²) in [6.07, 6.45) is 14.8. The molecular formula is C22H26NP. The molecule has 2 atom stereocenters. The van der Waals surface area contributed by atoms with Crippen molar-refractivity contribution in [1.29, 1.82) is 0 Å². The first-order valence-corrected chi connectivity index (χ1v) is 9.77. The van der Waals surface area contributed by atoms with Crippen LogP contribution in [0.1, 0.15) is 33.1 Å². The van der Waals surface area contributed by atoms with Gasteiger partial charge in [-0.1, -0.05) is 60.2 Å². The Hall–Kier alpha value is -1.98. The second-order valence-corrected chi connectivity index (χ2v) is 7.73. The highest BCUT2D eigenvalue weighted by Gasteiger charge is 2.13. The van der Waals surface area contributed by atoms with Crippen molar-refractivity contribution in [2.75, 3.05) is 4.90 Å². The fraction of sp³-hybridized carbons (Fsp3) is 0.273. The van der Waals surface area contributed by atoms with Gasteiger partial charge < -0.3 is 4.90 Å². The Morgan fingerprint density at radius 2 is 1.79 bits per heavy atom. The number of benzene rings is 1. The molecule has 0 saturated carbocycles. The molecule has 2 heterocycles. The molecule has 2 heteroatoms. The van der Waals surface area contributed by atoms with Crippen molar-refractivity contribution in [2.24, 2.45) is 0 Å². The summed E-state index contributed by atoms with van der Waals surface area (Å²) in [7, 11) is 0.728. The molecule has 124 valence electrons. The van der Waals surface area contributed by atoms with Crippen LogP contribution >= 0.6 is 8.19 Å². The van der Waals surface area contributed by atoms with Crippen LogP contribution in [0.3, 0.4) is 0 Å². The molecule has 0 fully saturated rings. The third-order valence-corrected chi connectivity index (χ3v) is 5.84. The summed E-state index contributed by atoms with van der Waals surface area (Å²) >= 11 is 0. The summed E-state index contributed by atoms with van der Waals surface area (Å²) in [5.41, 5.74) is 4.14. The molecule has 1 nitrogen and oxygen atoms in total. The van der Waals surface area contributed by atoms with Crippen LogP contribution in [0.4, 0.5) is 5.42 Å². The van der Waals surface area contributed by atoms with Gasteiger partial charge in [0.2, 0.25) is 0 Å². The fourth-order valence-electron chi connectivity index (χ4n) is 2.97. The van der Waals surface area contributed by atoms with Gasteiger partial charge in [0.05, 0.1) is 5.42 Å². The quantitative estimate of drug-likeness (QED) is 0.584. The monoisotopic (exact) mass is 335 g/mol. The smallest absolute Gasteiger partial charge is 0.0578 e. The molecule has 24 heavy (non-hydrogen) atoms. The van der Waals surface area contributed by atoms with E-state index in [1.54, 1.807) is 0 Å². The van der Waals surface area contributed by atoms with Gasteiger partial charge in [-0.15, -0.1) is 8.19 Å². The Bertz CT molecular complexity index is 736. The minimum Gasteiger partial charge on any atom is -0.342 e. The van der Waals surface area contributed by atoms with Gasteiger partial charge in [0.1, 0.15) is 0 Å². The van der Waals surface area contributed by atoms with Crippen LogP contribution in [0.15, 0.2) is 78.5 Å². The van der Waals surface area contributed by atoms with E-state index in [1.807, 2.05) is 0 Å². The van der Waals surface area contributed by atoms with Crippen LogP contribution < -0.4 is 4.90 Å². The molecule has 1 aliphatic rings. The van der Waals surface area contributed by atoms with Crippen molar-refractivity contribution in [3.63, 3.8) is 0 Å². The van der Waals surface area contributed by atoms with Crippen LogP contribution in [-0.4, -0.2) is 6.04 Å². The van der Waals surface area contributed by atoms with Crippen LogP contribution in [0.2, 0.25) is 0 Å². The molecule has 0 aliphatic carbocycles. The average molecular weight is 335 g/mol. The van der Waals surface area contributed by atoms with Gasteiger partial charge in [0.15, 0.2) is 0 Å². The number of hydrogen-bond donors (Lipinski definition) is 0. The number of hydrogen-bond acceptors (Lipinski definition) is 1. The lowest BCUT2D eigenvalue weighted by molar-refractivity contribution is 0.720. The minimum absolute atomic E-state index is 0.477. The van der Waals surface area contributed by atoms with Gasteiger partial charge in [-0.05, 0) is 50.8 Å². The number of anilines is 1. The van der Waals surface area contributed by atoms with E-state index >= 15 is 0 Å². The van der Waals surface area contributed by atoms with E-state index in [0.29, 0.717) is 6.04 Å². The second kappa shape index (κ2) is 8.22. The van der Waals surface area contributed by atoms with Crippen LogP contribution in [0.5, 0.6) is 0 Å². The zero-order valence-corrected chi connectivity index (χ0v) is 15.6. The van der Waals surface area contributed by atoms with Gasteiger partial charge in [-0.25, -0.2) is 0 Å². The third kappa shape index (κ3) is 4.30. The Labute approximate surface area is 147 Å². The zero-order chi connectivity index (χ0) is 16.8. The van der Waals surface area contributed by atoms with Crippen molar-refractivity contribution < 1.29 is 0 Å². The van der Waals surface area contributed by atoms with Crippen LogP contribution in [0.25, 0.3) is 10.9 Å². The van der Waals surface area contributed by atoms with E-state index in [4.69, 9.17) is 0 Å². The summed E-state index contributed by atoms with van der Waals surface area (Å²) < 4.78 is 0. The van der Waals surface area contributed by atoms with E-state index in [1.165, 1.54) is 21.9 Å². The molecule has 2 unspecified atom stereocenters. The summed E-state index contributed by atoms with van der Waals surface area (Å²) in [4.78, 5) is 2.47. The topological polar surface area (TPSA) is 3.24 Å². The Balaban J connectivity index is 1.85. The number of nitrogens with zero attached hydrogens (tertiary/aromatic N) is 1. The lowest BCUT2D eigenvalue weighted by Crippen LogP contribution is -2.26. The van der Waals surface area contributed by atoms with Crippen LogP contribution in [-0.2, 0) is 0 Å². The first kappa shape index (κ1) is 16.9. The maximum atomic E-state index is 2.47. The standard InChI is InChI=1S/C22H26NP/c1-18-10-6-3-4-9-17-23(19(2)14-13-18)22-16-15-21(24-22)20-11-7-5-8-12-20/h5-13,15-17,19,24H,3-4,14H2,1-2H3/b10-6?,17-9-,18-13?. The van der Waals surface area contributed by atoms with E-state index in [-0.39, 0.29) is 0 Å². The summed E-state index contributed by atoms with van der Waals surface area (Å²) in [5.74, 6) is 0. The van der Waals surface area contributed by atoms with Gasteiger partial charge in [-0.3, -0.25) is 0 Å². The largest absolute Gasteiger partial charge is 0.342 e. The molecule has 3 rings (SSSR count). The Kier molecular flexibility index (Phi) is 5.77. The predicted octanol–water partition coefficient (Wildman–Crippen LogP) is 6.78. The van der Waals surface area contributed by atoms with Crippen molar-refractivity contribution >= 4 is 13.6 Å². The minimum atomic E-state index is 0.477. The first-order chi connectivity index (χ1) is 11.7. The highest BCUT2D eigenvalue weighted by Crippen LogP contribution is 2.39. The molecule has 2 aromatic rings. The summed E-state index contributed by atoms with van der Waals surface area (Å²) in [6.45, 7) is 4.52. The van der Waals surface area contributed by atoms with E-state index in [9.17, 15) is 0 Å². The van der Waals surface area contributed by atoms with Crippen molar-refractivity contribution in [1.82, 2.24) is 0 Å². The highest BCUT2D eigenvalue weighted by molar-refractivity contribution is 7.38. The molecule has 0 N–H and O–H groups in total. The maximum absolute atomic E-state index is 2.47. The molecule has 1 aromatic heterocycles. The van der Waals surface area contributed by atoms with Gasteiger partial charge in [-0.2, -0.15) is 0 Å². The van der Waals surface area contributed by atoms with Crippen molar-refractivity contribution in [3.8, 4) is 10.9 Å². The van der Waals surface area contributed by atoms with E-state index in [2.05, 4.69) is 91.7 Å². The second-order valence-electron chi connectivity index (χ2n) is 6.43. The maximum Gasteiger partial charge on any atom is 0.0578 e. The fourth-order valence-corrected chi connectivity index (χ4v) is 4.32. The van der Waals surface area contributed by atoms with Gasteiger partial charge in [0.25, 0.3) is 0 Å². The first-order valence-electron chi connectivity index (χ1n) is 8.77. The van der Waals surface area contributed by atoms with Crippen LogP contribution in [0, 0.1) is 0 Å². The molecule has 0 saturated heterocycles. The number of allylic oxidation sites excluding steroid dienone is 4. The Morgan fingerprint density at radius 3 is 2.62 bits per heavy atom. The van der Waals surface area contributed by atoms with E-state index in [0.717, 1.165) is 27.5 Å². The predicted molar refractivity (Wildman–Crippen MR) is 109 cm³/mol. The molecular weight excluding hydrogens is 309 g/mol. The highest BCUT2D eigenvalue weighted by atomic mass is 31.0. The lowest BCUT2D eigenvalue weighted by atomic mass is 10.1. The molecule has 0 bridgehead atoms. The van der Waals surface area contributed by atoms with Crippen molar-refractivity contribution in [2.45, 2.75) is 39.2 Å². The van der Waals surface area contributed by atoms with Crippen molar-refractivity contribution in [3.05, 3.63) is 78.5 Å². The molecule has 0 radical (unpaired) electrons. The lowest BCUT2D eigenvalue weighted by Gasteiger charge is -2.26. The average Bonchev–Trinajstić information content (AvgIpc) is 3.08. The molecule has 0 amide bonds. The summed E-state index contributed by atoms with van der Waals surface area (Å²) in [6, 6.07) is 15.8. The Morgan fingerprint density at radius 1 is 1.00 bits per heavy atom. The van der Waals surface area contributed by atoms with E-state index < -0.39 is 0 Å². The normalized spacial score (nSPS) is 20.7. The van der Waals surface area contributed by atoms with Gasteiger partial charge in [0, 0.05) is 17.5 Å². The van der Waals surface area contributed by atoms with Gasteiger partial charge >= 0.3 is 0 Å². The number of rotatable bonds is 2. The third-order valence-electron chi connectivity index (χ3n) is 4.44. The molecule has 1 aliphatic heterocycles. The zero-order valence-electron chi connectivity index (χ0n) is 14.6. The summed E-state index contributed by atoms with van der Waals surface area (Å²) in [5, 5.41) is 1.44.